The number of hydrogen-bond acceptors (Lipinski definition) is 4. The van der Waals surface area contributed by atoms with Crippen molar-refractivity contribution in [2.75, 3.05) is 5.32 Å². The molecule has 3 aromatic rings. The van der Waals surface area contributed by atoms with Crippen LogP contribution in [0.1, 0.15) is 16.1 Å². The number of nitro groups is 1. The molecule has 2 aromatic carbocycles. The smallest absolute Gasteiger partial charge is 0.291 e. The van der Waals surface area contributed by atoms with Gasteiger partial charge in [0.2, 0.25) is 0 Å². The molecular formula is C18H11Cl3N2O4. The standard InChI is InChI=1S/C18H11Cl3N2O4/c1-9-6-15(23(25)26)13(21)8-14(9)22-18(24)17-5-4-16(27-17)11-7-10(19)2-3-12(11)20/h2-8H,1H3,(H,22,24). The van der Waals surface area contributed by atoms with Crippen molar-refractivity contribution in [3.8, 4) is 11.3 Å². The number of nitrogens with one attached hydrogen (secondary N) is 1. The molecule has 0 saturated carbocycles. The van der Waals surface area contributed by atoms with Crippen molar-refractivity contribution < 1.29 is 14.1 Å². The zero-order valence-electron chi connectivity index (χ0n) is 13.8. The number of benzene rings is 2. The second-order valence-corrected chi connectivity index (χ2v) is 6.87. The minimum Gasteiger partial charge on any atom is -0.451 e. The normalized spacial score (nSPS) is 10.7. The Morgan fingerprint density at radius 2 is 1.81 bits per heavy atom. The molecule has 3 rings (SSSR count). The fourth-order valence-corrected chi connectivity index (χ4v) is 3.03. The van der Waals surface area contributed by atoms with Crippen molar-refractivity contribution in [2.24, 2.45) is 0 Å². The van der Waals surface area contributed by atoms with E-state index in [-0.39, 0.29) is 16.5 Å². The number of hydrogen-bond donors (Lipinski definition) is 1. The summed E-state index contributed by atoms with van der Waals surface area (Å²) in [5, 5.41) is 14.4. The van der Waals surface area contributed by atoms with E-state index in [9.17, 15) is 14.9 Å². The fraction of sp³-hybridized carbons (Fsp3) is 0.0556. The Morgan fingerprint density at radius 3 is 2.52 bits per heavy atom. The number of rotatable bonds is 4. The molecule has 6 nitrogen and oxygen atoms in total. The van der Waals surface area contributed by atoms with Crippen LogP contribution in [0.2, 0.25) is 15.1 Å². The van der Waals surface area contributed by atoms with Gasteiger partial charge in [0, 0.05) is 22.3 Å². The van der Waals surface area contributed by atoms with Crippen LogP contribution in [0, 0.1) is 17.0 Å². The van der Waals surface area contributed by atoms with Crippen LogP contribution in [0.5, 0.6) is 0 Å². The van der Waals surface area contributed by atoms with E-state index in [1.165, 1.54) is 18.2 Å². The van der Waals surface area contributed by atoms with Gasteiger partial charge in [-0.15, -0.1) is 0 Å². The molecule has 27 heavy (non-hydrogen) atoms. The molecule has 0 bridgehead atoms. The Bertz CT molecular complexity index is 1060. The third-order valence-electron chi connectivity index (χ3n) is 3.76. The van der Waals surface area contributed by atoms with E-state index in [0.29, 0.717) is 32.6 Å². The van der Waals surface area contributed by atoms with E-state index in [4.69, 9.17) is 39.2 Å². The third-order valence-corrected chi connectivity index (χ3v) is 4.63. The number of nitro benzene ring substituents is 1. The Labute approximate surface area is 168 Å². The van der Waals surface area contributed by atoms with Gasteiger partial charge in [0.05, 0.1) is 9.95 Å². The molecule has 0 fully saturated rings. The van der Waals surface area contributed by atoms with Crippen LogP contribution in [0.15, 0.2) is 46.9 Å². The molecule has 1 N–H and O–H groups in total. The molecule has 0 radical (unpaired) electrons. The van der Waals surface area contributed by atoms with Gasteiger partial charge >= 0.3 is 0 Å². The molecule has 0 aliphatic carbocycles. The number of halogens is 3. The minimum absolute atomic E-state index is 0.0370. The largest absolute Gasteiger partial charge is 0.451 e. The third kappa shape index (κ3) is 4.08. The number of aryl methyl sites for hydroxylation is 1. The molecule has 1 heterocycles. The first-order valence-electron chi connectivity index (χ1n) is 7.57. The Morgan fingerprint density at radius 1 is 1.07 bits per heavy atom. The lowest BCUT2D eigenvalue weighted by Gasteiger charge is -2.08. The molecule has 0 aliphatic heterocycles. The molecule has 1 amide bonds. The summed E-state index contributed by atoms with van der Waals surface area (Å²) in [4.78, 5) is 22.8. The average molecular weight is 426 g/mol. The zero-order valence-corrected chi connectivity index (χ0v) is 16.0. The fourth-order valence-electron chi connectivity index (χ4n) is 2.42. The Kier molecular flexibility index (Phi) is 5.41. The van der Waals surface area contributed by atoms with Gasteiger partial charge in [-0.1, -0.05) is 34.8 Å². The summed E-state index contributed by atoms with van der Waals surface area (Å²) >= 11 is 18.0. The summed E-state index contributed by atoms with van der Waals surface area (Å²) in [6.45, 7) is 1.62. The lowest BCUT2D eigenvalue weighted by Crippen LogP contribution is -2.12. The molecular weight excluding hydrogens is 415 g/mol. The second-order valence-electron chi connectivity index (χ2n) is 5.62. The van der Waals surface area contributed by atoms with Crippen molar-refractivity contribution in [1.29, 1.82) is 0 Å². The van der Waals surface area contributed by atoms with Gasteiger partial charge in [-0.2, -0.15) is 0 Å². The van der Waals surface area contributed by atoms with E-state index >= 15 is 0 Å². The molecule has 138 valence electrons. The summed E-state index contributed by atoms with van der Waals surface area (Å²) < 4.78 is 5.58. The SMILES string of the molecule is Cc1cc([N+](=O)[O-])c(Cl)cc1NC(=O)c1ccc(-c2cc(Cl)ccc2Cl)o1. The zero-order chi connectivity index (χ0) is 19.7. The highest BCUT2D eigenvalue weighted by atomic mass is 35.5. The van der Waals surface area contributed by atoms with Crippen molar-refractivity contribution >= 4 is 52.1 Å². The van der Waals surface area contributed by atoms with Crippen LogP contribution >= 0.6 is 34.8 Å². The number of anilines is 1. The number of nitrogens with zero attached hydrogens (tertiary/aromatic N) is 1. The predicted molar refractivity (Wildman–Crippen MR) is 105 cm³/mol. The number of carbonyl (C=O) groups excluding carboxylic acids is 1. The van der Waals surface area contributed by atoms with Gasteiger partial charge in [-0.25, -0.2) is 0 Å². The van der Waals surface area contributed by atoms with Gasteiger partial charge in [0.1, 0.15) is 10.8 Å². The molecule has 0 saturated heterocycles. The Balaban J connectivity index is 1.86. The number of amides is 1. The van der Waals surface area contributed by atoms with Crippen LogP contribution < -0.4 is 5.32 Å². The highest BCUT2D eigenvalue weighted by molar-refractivity contribution is 6.35. The number of carbonyl (C=O) groups is 1. The summed E-state index contributed by atoms with van der Waals surface area (Å²) in [5.41, 5.74) is 1.15. The number of furan rings is 1. The van der Waals surface area contributed by atoms with E-state index in [0.717, 1.165) is 0 Å². The van der Waals surface area contributed by atoms with Crippen molar-refractivity contribution in [1.82, 2.24) is 0 Å². The molecule has 0 atom stereocenters. The van der Waals surface area contributed by atoms with Crippen LogP contribution in [-0.2, 0) is 0 Å². The maximum absolute atomic E-state index is 12.5. The minimum atomic E-state index is -0.589. The van der Waals surface area contributed by atoms with Crippen molar-refractivity contribution in [3.63, 3.8) is 0 Å². The molecule has 0 spiro atoms. The van der Waals surface area contributed by atoms with Gasteiger partial charge in [-0.05, 0) is 48.9 Å². The lowest BCUT2D eigenvalue weighted by atomic mass is 10.1. The second kappa shape index (κ2) is 7.60. The van der Waals surface area contributed by atoms with Crippen LogP contribution in [0.25, 0.3) is 11.3 Å². The van der Waals surface area contributed by atoms with Gasteiger partial charge in [0.15, 0.2) is 5.76 Å². The average Bonchev–Trinajstić information content (AvgIpc) is 3.09. The van der Waals surface area contributed by atoms with Gasteiger partial charge < -0.3 is 9.73 Å². The van der Waals surface area contributed by atoms with E-state index in [1.54, 1.807) is 31.2 Å². The maximum Gasteiger partial charge on any atom is 0.291 e. The summed E-state index contributed by atoms with van der Waals surface area (Å²) in [6, 6.07) is 10.6. The van der Waals surface area contributed by atoms with Gasteiger partial charge in [-0.3, -0.25) is 14.9 Å². The first kappa shape index (κ1) is 19.2. The van der Waals surface area contributed by atoms with E-state index in [1.807, 2.05) is 0 Å². The van der Waals surface area contributed by atoms with Crippen LogP contribution in [0.3, 0.4) is 0 Å². The predicted octanol–water partition coefficient (Wildman–Crippen LogP) is 6.38. The Hall–Kier alpha value is -2.54. The molecule has 0 aliphatic rings. The molecule has 1 aromatic heterocycles. The highest BCUT2D eigenvalue weighted by Gasteiger charge is 2.19. The highest BCUT2D eigenvalue weighted by Crippen LogP contribution is 2.33. The summed E-state index contributed by atoms with van der Waals surface area (Å²) in [6.07, 6.45) is 0. The monoisotopic (exact) mass is 424 g/mol. The van der Waals surface area contributed by atoms with Gasteiger partial charge in [0.25, 0.3) is 11.6 Å². The topological polar surface area (TPSA) is 85.4 Å². The van der Waals surface area contributed by atoms with Crippen molar-refractivity contribution in [2.45, 2.75) is 6.92 Å². The van der Waals surface area contributed by atoms with E-state index in [2.05, 4.69) is 5.32 Å². The summed E-state index contributed by atoms with van der Waals surface area (Å²) in [7, 11) is 0. The van der Waals surface area contributed by atoms with Crippen LogP contribution in [-0.4, -0.2) is 10.8 Å². The lowest BCUT2D eigenvalue weighted by molar-refractivity contribution is -0.384. The van der Waals surface area contributed by atoms with E-state index < -0.39 is 10.8 Å². The molecule has 9 heteroatoms. The molecule has 0 unspecified atom stereocenters. The first-order valence-corrected chi connectivity index (χ1v) is 8.71. The van der Waals surface area contributed by atoms with Crippen molar-refractivity contribution in [3.05, 3.63) is 79.0 Å². The summed E-state index contributed by atoms with van der Waals surface area (Å²) in [5.74, 6) is -0.117. The van der Waals surface area contributed by atoms with Crippen LogP contribution in [0.4, 0.5) is 11.4 Å². The first-order chi connectivity index (χ1) is 12.8. The maximum atomic E-state index is 12.5. The quantitative estimate of drug-likeness (QED) is 0.388.